The second-order valence-electron chi connectivity index (χ2n) is 4.77. The molecule has 0 saturated heterocycles. The normalized spacial score (nSPS) is 16.9. The largest absolute Gasteiger partial charge is 0.489 e. The van der Waals surface area contributed by atoms with Crippen molar-refractivity contribution in [2.75, 3.05) is 14.2 Å². The Morgan fingerprint density at radius 1 is 1.10 bits per heavy atom. The fourth-order valence-corrected chi connectivity index (χ4v) is 2.10. The van der Waals surface area contributed by atoms with Gasteiger partial charge in [-0.05, 0) is 33.1 Å². The van der Waals surface area contributed by atoms with Crippen LogP contribution < -0.4 is 0 Å². The highest BCUT2D eigenvalue weighted by Crippen LogP contribution is 2.28. The van der Waals surface area contributed by atoms with Crippen LogP contribution in [-0.2, 0) is 19.1 Å². The lowest BCUT2D eigenvalue weighted by Gasteiger charge is -2.20. The van der Waals surface area contributed by atoms with Gasteiger partial charge in [0.2, 0.25) is 23.1 Å². The van der Waals surface area contributed by atoms with Crippen molar-refractivity contribution in [2.24, 2.45) is 0 Å². The highest BCUT2D eigenvalue weighted by Gasteiger charge is 2.34. The minimum atomic E-state index is -0.268. The van der Waals surface area contributed by atoms with Crippen LogP contribution in [0.15, 0.2) is 34.3 Å². The lowest BCUT2D eigenvalue weighted by Crippen LogP contribution is -2.25. The lowest BCUT2D eigenvalue weighted by molar-refractivity contribution is -0.121. The summed E-state index contributed by atoms with van der Waals surface area (Å²) in [7, 11) is 2.74. The van der Waals surface area contributed by atoms with Crippen LogP contribution in [0.25, 0.3) is 0 Å². The van der Waals surface area contributed by atoms with Crippen molar-refractivity contribution < 1.29 is 19.1 Å². The molecular weight excluding hydrogens is 256 g/mol. The number of Topliss-reactive ketones (excluding diaryl/α,β-unsaturated/α-hetero) is 2. The van der Waals surface area contributed by atoms with Crippen LogP contribution in [0, 0.1) is 0 Å². The molecule has 0 radical (unpaired) electrons. The first-order chi connectivity index (χ1) is 9.47. The summed E-state index contributed by atoms with van der Waals surface area (Å²) in [5.41, 5.74) is 2.25. The molecule has 0 aromatic heterocycles. The van der Waals surface area contributed by atoms with Gasteiger partial charge in [0, 0.05) is 11.1 Å². The molecule has 1 aliphatic carbocycles. The van der Waals surface area contributed by atoms with Crippen molar-refractivity contribution in [3.8, 4) is 0 Å². The molecule has 0 aromatic carbocycles. The van der Waals surface area contributed by atoms with E-state index >= 15 is 0 Å². The van der Waals surface area contributed by atoms with Gasteiger partial charge >= 0.3 is 0 Å². The number of hydrogen-bond donors (Lipinski definition) is 0. The lowest BCUT2D eigenvalue weighted by atomic mass is 9.90. The number of ether oxygens (including phenoxy) is 2. The van der Waals surface area contributed by atoms with Crippen LogP contribution in [0.3, 0.4) is 0 Å². The topological polar surface area (TPSA) is 52.6 Å². The number of ketones is 2. The first kappa shape index (κ1) is 16.2. The third-order valence-electron chi connectivity index (χ3n) is 3.54. The summed E-state index contributed by atoms with van der Waals surface area (Å²) in [5.74, 6) is -0.507. The third-order valence-corrected chi connectivity index (χ3v) is 3.54. The fraction of sp³-hybridized carbons (Fsp3) is 0.500. The monoisotopic (exact) mass is 278 g/mol. The molecule has 0 aliphatic heterocycles. The Balaban J connectivity index is 3.00. The Morgan fingerprint density at radius 2 is 1.65 bits per heavy atom. The summed E-state index contributed by atoms with van der Waals surface area (Å²) < 4.78 is 10.0. The molecule has 0 unspecified atom stereocenters. The Hall–Kier alpha value is -1.84. The molecule has 4 nitrogen and oxygen atoms in total. The van der Waals surface area contributed by atoms with Crippen LogP contribution >= 0.6 is 0 Å². The molecule has 0 N–H and O–H groups in total. The van der Waals surface area contributed by atoms with E-state index in [4.69, 9.17) is 9.47 Å². The quantitative estimate of drug-likeness (QED) is 0.553. The van der Waals surface area contributed by atoms with Gasteiger partial charge < -0.3 is 9.47 Å². The van der Waals surface area contributed by atoms with Gasteiger partial charge in [-0.2, -0.15) is 0 Å². The molecule has 0 atom stereocenters. The fourth-order valence-electron chi connectivity index (χ4n) is 2.10. The minimum Gasteiger partial charge on any atom is -0.489 e. The van der Waals surface area contributed by atoms with E-state index in [1.54, 1.807) is 6.92 Å². The predicted octanol–water partition coefficient (Wildman–Crippen LogP) is 3.10. The molecule has 1 rings (SSSR count). The van der Waals surface area contributed by atoms with Gasteiger partial charge in [-0.25, -0.2) is 0 Å². The average molecular weight is 278 g/mol. The Morgan fingerprint density at radius 3 is 2.15 bits per heavy atom. The van der Waals surface area contributed by atoms with Crippen molar-refractivity contribution in [1.29, 1.82) is 0 Å². The zero-order chi connectivity index (χ0) is 15.3. The number of hydrogen-bond acceptors (Lipinski definition) is 4. The van der Waals surface area contributed by atoms with E-state index in [-0.39, 0.29) is 23.1 Å². The highest BCUT2D eigenvalue weighted by molar-refractivity contribution is 6.23. The molecule has 0 saturated carbocycles. The van der Waals surface area contributed by atoms with Crippen molar-refractivity contribution in [3.63, 3.8) is 0 Å². The third kappa shape index (κ3) is 3.18. The number of methoxy groups -OCH3 is 2. The Bertz CT molecular complexity index is 507. The maximum Gasteiger partial charge on any atom is 0.228 e. The Kier molecular flexibility index (Phi) is 5.74. The molecule has 0 aromatic rings. The van der Waals surface area contributed by atoms with E-state index in [1.165, 1.54) is 19.8 Å². The summed E-state index contributed by atoms with van der Waals surface area (Å²) >= 11 is 0. The first-order valence-corrected chi connectivity index (χ1v) is 6.74. The van der Waals surface area contributed by atoms with E-state index in [1.807, 2.05) is 0 Å². The molecule has 0 spiro atoms. The number of carbonyl (C=O) groups excluding carboxylic acids is 2. The molecule has 110 valence electrons. The van der Waals surface area contributed by atoms with Gasteiger partial charge in [0.05, 0.1) is 14.2 Å². The first-order valence-electron chi connectivity index (χ1n) is 6.74. The van der Waals surface area contributed by atoms with Gasteiger partial charge in [-0.3, -0.25) is 9.59 Å². The summed E-state index contributed by atoms with van der Waals surface area (Å²) in [6, 6.07) is 0. The van der Waals surface area contributed by atoms with E-state index in [9.17, 15) is 9.59 Å². The second-order valence-corrected chi connectivity index (χ2v) is 4.77. The van der Waals surface area contributed by atoms with Gasteiger partial charge in [0.15, 0.2) is 0 Å². The van der Waals surface area contributed by atoms with E-state index < -0.39 is 0 Å². The zero-order valence-electron chi connectivity index (χ0n) is 12.8. The van der Waals surface area contributed by atoms with Gasteiger partial charge in [-0.1, -0.05) is 18.6 Å². The van der Waals surface area contributed by atoms with Crippen LogP contribution in [0.2, 0.25) is 0 Å². The molecule has 0 bridgehead atoms. The van der Waals surface area contributed by atoms with Crippen molar-refractivity contribution in [1.82, 2.24) is 0 Å². The maximum atomic E-state index is 12.3. The molecule has 0 amide bonds. The van der Waals surface area contributed by atoms with Crippen LogP contribution in [0.5, 0.6) is 0 Å². The van der Waals surface area contributed by atoms with E-state index in [2.05, 4.69) is 19.9 Å². The molecule has 1 aliphatic rings. The SMILES string of the molecule is CC/C(C)=C/CCC1=C(C)C(=O)C(OC)=C(OC)C1=O. The number of carbonyl (C=O) groups is 2. The predicted molar refractivity (Wildman–Crippen MR) is 77.0 cm³/mol. The summed E-state index contributed by atoms with van der Waals surface area (Å²) in [6.07, 6.45) is 4.37. The number of rotatable bonds is 6. The van der Waals surface area contributed by atoms with Crippen molar-refractivity contribution in [2.45, 2.75) is 40.0 Å². The smallest absolute Gasteiger partial charge is 0.228 e. The van der Waals surface area contributed by atoms with Crippen LogP contribution in [0.4, 0.5) is 0 Å². The standard InChI is InChI=1S/C16H22O4/c1-6-10(2)8-7-9-12-11(3)13(17)15(19-4)16(20-5)14(12)18/h8H,6-7,9H2,1-5H3/b10-8+. The maximum absolute atomic E-state index is 12.3. The highest BCUT2D eigenvalue weighted by atomic mass is 16.5. The second kappa shape index (κ2) is 7.08. The summed E-state index contributed by atoms with van der Waals surface area (Å²) in [4.78, 5) is 24.5. The minimum absolute atomic E-state index is 0.000897. The molecular formula is C16H22O4. The Labute approximate surface area is 120 Å². The summed E-state index contributed by atoms with van der Waals surface area (Å²) in [5, 5.41) is 0. The number of allylic oxidation sites excluding steroid dienone is 4. The van der Waals surface area contributed by atoms with Gasteiger partial charge in [-0.15, -0.1) is 0 Å². The molecule has 4 heteroatoms. The van der Waals surface area contributed by atoms with E-state index in [0.29, 0.717) is 17.6 Å². The zero-order valence-corrected chi connectivity index (χ0v) is 12.8. The molecule has 20 heavy (non-hydrogen) atoms. The average Bonchev–Trinajstić information content (AvgIpc) is 2.45. The van der Waals surface area contributed by atoms with Gasteiger partial charge in [0.1, 0.15) is 0 Å². The van der Waals surface area contributed by atoms with E-state index in [0.717, 1.165) is 12.8 Å². The van der Waals surface area contributed by atoms with Crippen LogP contribution in [0.1, 0.15) is 40.0 Å². The molecule has 0 heterocycles. The molecule has 0 fully saturated rings. The van der Waals surface area contributed by atoms with Crippen molar-refractivity contribution in [3.05, 3.63) is 34.3 Å². The van der Waals surface area contributed by atoms with Crippen molar-refractivity contribution >= 4 is 11.6 Å². The summed E-state index contributed by atoms with van der Waals surface area (Å²) in [6.45, 7) is 5.80. The van der Waals surface area contributed by atoms with Gasteiger partial charge in [0.25, 0.3) is 0 Å². The van der Waals surface area contributed by atoms with Crippen LogP contribution in [-0.4, -0.2) is 25.8 Å².